The number of rotatable bonds is 5. The van der Waals surface area contributed by atoms with E-state index in [1.54, 1.807) is 30.3 Å². The van der Waals surface area contributed by atoms with Gasteiger partial charge in [0, 0.05) is 19.7 Å². The largest absolute Gasteiger partial charge is 0.507 e. The van der Waals surface area contributed by atoms with Crippen LogP contribution >= 0.6 is 11.6 Å². The Morgan fingerprint density at radius 3 is 2.61 bits per heavy atom. The Morgan fingerprint density at radius 2 is 1.88 bits per heavy atom. The Balaban J connectivity index is 1.76. The summed E-state index contributed by atoms with van der Waals surface area (Å²) in [6.45, 7) is 0.0823. The van der Waals surface area contributed by atoms with Crippen molar-refractivity contribution in [3.8, 4) is 28.6 Å². The predicted molar refractivity (Wildman–Crippen MR) is 120 cm³/mol. The lowest BCUT2D eigenvalue weighted by atomic mass is 10.1. The molecular weight excluding hydrogens is 451 g/mol. The molecule has 3 N–H and O–H groups in total. The van der Waals surface area contributed by atoms with Gasteiger partial charge in [-0.3, -0.25) is 4.79 Å². The van der Waals surface area contributed by atoms with Gasteiger partial charge < -0.3 is 15.1 Å². The maximum absolute atomic E-state index is 13.5. The lowest BCUT2D eigenvalue weighted by Gasteiger charge is -2.19. The standard InChI is InChI=1S/C23H18ClFN4O4/c1-28(12-13-5-4-6-14(25)9-13)22(32)16-10-15(19(30)11-20(16)31)21-26-27-23(33)29(21)18-8-3-2-7-17(18)24/h2-11,30-31H,12H2,1H3,(H,27,33). The summed E-state index contributed by atoms with van der Waals surface area (Å²) in [5.41, 5.74) is 0.152. The molecule has 0 aliphatic carbocycles. The van der Waals surface area contributed by atoms with Crippen LogP contribution in [0.2, 0.25) is 5.02 Å². The van der Waals surface area contributed by atoms with Gasteiger partial charge in [0.25, 0.3) is 5.91 Å². The van der Waals surface area contributed by atoms with E-state index in [2.05, 4.69) is 10.2 Å². The molecule has 4 aromatic rings. The first-order valence-corrected chi connectivity index (χ1v) is 10.1. The highest BCUT2D eigenvalue weighted by Crippen LogP contribution is 2.35. The summed E-state index contributed by atoms with van der Waals surface area (Å²) in [6.07, 6.45) is 0. The van der Waals surface area contributed by atoms with Gasteiger partial charge in [-0.2, -0.15) is 5.10 Å². The van der Waals surface area contributed by atoms with Crippen LogP contribution in [0.1, 0.15) is 15.9 Å². The van der Waals surface area contributed by atoms with Crippen LogP contribution in [0.4, 0.5) is 4.39 Å². The Labute approximate surface area is 192 Å². The minimum absolute atomic E-state index is 0.00701. The molecule has 0 aliphatic heterocycles. The molecule has 0 spiro atoms. The monoisotopic (exact) mass is 468 g/mol. The Hall–Kier alpha value is -4.11. The van der Waals surface area contributed by atoms with E-state index >= 15 is 0 Å². The van der Waals surface area contributed by atoms with Gasteiger partial charge in [0.2, 0.25) is 0 Å². The van der Waals surface area contributed by atoms with Crippen LogP contribution in [0.3, 0.4) is 0 Å². The molecule has 168 valence electrons. The Morgan fingerprint density at radius 1 is 1.12 bits per heavy atom. The van der Waals surface area contributed by atoms with Crippen LogP contribution in [0.5, 0.6) is 11.5 Å². The number of amides is 1. The Bertz CT molecular complexity index is 1420. The first-order chi connectivity index (χ1) is 15.8. The van der Waals surface area contributed by atoms with Crippen LogP contribution < -0.4 is 5.69 Å². The van der Waals surface area contributed by atoms with Crippen LogP contribution in [0.15, 0.2) is 65.5 Å². The van der Waals surface area contributed by atoms with Crippen molar-refractivity contribution in [2.24, 2.45) is 0 Å². The molecule has 33 heavy (non-hydrogen) atoms. The number of aromatic nitrogens is 3. The summed E-state index contributed by atoms with van der Waals surface area (Å²) in [5.74, 6) is -1.88. The highest BCUT2D eigenvalue weighted by atomic mass is 35.5. The zero-order valence-corrected chi connectivity index (χ0v) is 18.0. The van der Waals surface area contributed by atoms with Crippen molar-refractivity contribution in [1.29, 1.82) is 0 Å². The molecule has 4 rings (SSSR count). The zero-order chi connectivity index (χ0) is 23.7. The first-order valence-electron chi connectivity index (χ1n) is 9.75. The number of benzene rings is 3. The third kappa shape index (κ3) is 4.31. The number of aromatic amines is 1. The summed E-state index contributed by atoms with van der Waals surface area (Å²) in [4.78, 5) is 26.8. The third-order valence-electron chi connectivity index (χ3n) is 5.01. The molecule has 1 aromatic heterocycles. The topological polar surface area (TPSA) is 111 Å². The molecular formula is C23H18ClFN4O4. The quantitative estimate of drug-likeness (QED) is 0.413. The lowest BCUT2D eigenvalue weighted by molar-refractivity contribution is 0.0782. The highest BCUT2D eigenvalue weighted by Gasteiger charge is 2.23. The second kappa shape index (κ2) is 8.79. The van der Waals surface area contributed by atoms with Crippen LogP contribution in [-0.2, 0) is 6.54 Å². The fraction of sp³-hybridized carbons (Fsp3) is 0.0870. The number of nitrogens with zero attached hydrogens (tertiary/aromatic N) is 3. The molecule has 10 heteroatoms. The van der Waals surface area contributed by atoms with Crippen LogP contribution in [0, 0.1) is 5.82 Å². The molecule has 8 nitrogen and oxygen atoms in total. The summed E-state index contributed by atoms with van der Waals surface area (Å²) in [7, 11) is 1.49. The zero-order valence-electron chi connectivity index (χ0n) is 17.3. The summed E-state index contributed by atoms with van der Waals surface area (Å²) < 4.78 is 14.6. The van der Waals surface area contributed by atoms with Crippen molar-refractivity contribution >= 4 is 17.5 Å². The molecule has 1 amide bonds. The molecule has 3 aromatic carbocycles. The maximum atomic E-state index is 13.5. The van der Waals surface area contributed by atoms with Gasteiger partial charge in [0.1, 0.15) is 17.3 Å². The molecule has 0 atom stereocenters. The number of phenolic OH excluding ortho intramolecular Hbond substituents is 2. The number of hydrogen-bond donors (Lipinski definition) is 3. The van der Waals surface area contributed by atoms with Crippen molar-refractivity contribution in [3.05, 3.63) is 93.1 Å². The van der Waals surface area contributed by atoms with E-state index in [-0.39, 0.29) is 28.5 Å². The normalized spacial score (nSPS) is 10.9. The van der Waals surface area contributed by atoms with E-state index in [0.717, 1.165) is 10.6 Å². The Kier molecular flexibility index (Phi) is 5.89. The number of carbonyl (C=O) groups is 1. The van der Waals surface area contributed by atoms with Crippen molar-refractivity contribution in [1.82, 2.24) is 19.7 Å². The van der Waals surface area contributed by atoms with Gasteiger partial charge in [-0.1, -0.05) is 35.9 Å². The summed E-state index contributed by atoms with van der Waals surface area (Å²) in [6, 6.07) is 14.6. The van der Waals surface area contributed by atoms with Crippen LogP contribution in [-0.4, -0.2) is 42.8 Å². The predicted octanol–water partition coefficient (Wildman–Crippen LogP) is 3.70. The molecule has 1 heterocycles. The average Bonchev–Trinajstić information content (AvgIpc) is 3.14. The van der Waals surface area contributed by atoms with Crippen LogP contribution in [0.25, 0.3) is 17.1 Å². The van der Waals surface area contributed by atoms with E-state index in [1.165, 1.54) is 36.2 Å². The number of phenols is 2. The fourth-order valence-corrected chi connectivity index (χ4v) is 3.67. The molecule has 0 aliphatic rings. The highest BCUT2D eigenvalue weighted by molar-refractivity contribution is 6.32. The van der Waals surface area contributed by atoms with E-state index < -0.39 is 28.9 Å². The molecule has 0 radical (unpaired) electrons. The number of nitrogens with one attached hydrogen (secondary N) is 1. The second-order valence-corrected chi connectivity index (χ2v) is 7.72. The molecule has 0 bridgehead atoms. The van der Waals surface area contributed by atoms with E-state index in [0.29, 0.717) is 11.3 Å². The fourth-order valence-electron chi connectivity index (χ4n) is 3.45. The smallest absolute Gasteiger partial charge is 0.348 e. The number of aromatic hydroxyl groups is 2. The SMILES string of the molecule is CN(Cc1cccc(F)c1)C(=O)c1cc(-c2n[nH]c(=O)n2-c2ccccc2Cl)c(O)cc1O. The second-order valence-electron chi connectivity index (χ2n) is 7.32. The molecule has 0 saturated heterocycles. The first kappa shape index (κ1) is 22.1. The number of hydrogen-bond acceptors (Lipinski definition) is 5. The summed E-state index contributed by atoms with van der Waals surface area (Å²) in [5, 5.41) is 27.4. The average molecular weight is 469 g/mol. The van der Waals surface area contributed by atoms with Gasteiger partial charge in [-0.25, -0.2) is 18.9 Å². The minimum Gasteiger partial charge on any atom is -0.507 e. The molecule has 0 unspecified atom stereocenters. The maximum Gasteiger partial charge on any atom is 0.348 e. The van der Waals surface area contributed by atoms with Gasteiger partial charge in [-0.15, -0.1) is 0 Å². The number of H-pyrrole nitrogens is 1. The van der Waals surface area contributed by atoms with E-state index in [1.807, 2.05) is 0 Å². The molecule has 0 saturated carbocycles. The van der Waals surface area contributed by atoms with Crippen molar-refractivity contribution in [2.75, 3.05) is 7.05 Å². The van der Waals surface area contributed by atoms with Gasteiger partial charge in [-0.05, 0) is 35.9 Å². The molecule has 0 fully saturated rings. The van der Waals surface area contributed by atoms with Gasteiger partial charge >= 0.3 is 5.69 Å². The van der Waals surface area contributed by atoms with Gasteiger partial charge in [0.15, 0.2) is 5.82 Å². The number of carbonyl (C=O) groups excluding carboxylic acids is 1. The van der Waals surface area contributed by atoms with Crippen molar-refractivity contribution in [3.63, 3.8) is 0 Å². The number of halogens is 2. The number of para-hydroxylation sites is 1. The van der Waals surface area contributed by atoms with Crippen molar-refractivity contribution in [2.45, 2.75) is 6.54 Å². The lowest BCUT2D eigenvalue weighted by Crippen LogP contribution is -2.26. The minimum atomic E-state index is -0.610. The van der Waals surface area contributed by atoms with Crippen molar-refractivity contribution < 1.29 is 19.4 Å². The van der Waals surface area contributed by atoms with E-state index in [4.69, 9.17) is 11.6 Å². The third-order valence-corrected chi connectivity index (χ3v) is 5.33. The van der Waals surface area contributed by atoms with E-state index in [9.17, 15) is 24.2 Å². The summed E-state index contributed by atoms with van der Waals surface area (Å²) >= 11 is 6.23. The van der Waals surface area contributed by atoms with Gasteiger partial charge in [0.05, 0.1) is 21.8 Å².